The molecule has 0 fully saturated rings. The SMILES string of the molecule is CCCCN(C(=O)CNc1ccc(F)cc1)c1c(N)n(CC(C)C)c(=O)[nH]c1=O. The first-order chi connectivity index (χ1) is 13.7. The third-order valence-electron chi connectivity index (χ3n) is 4.36. The van der Waals surface area contributed by atoms with E-state index in [-0.39, 0.29) is 42.2 Å². The molecule has 1 heterocycles. The van der Waals surface area contributed by atoms with Crippen molar-refractivity contribution in [3.63, 3.8) is 0 Å². The monoisotopic (exact) mass is 405 g/mol. The summed E-state index contributed by atoms with van der Waals surface area (Å²) in [6.07, 6.45) is 1.46. The first-order valence-electron chi connectivity index (χ1n) is 9.67. The highest BCUT2D eigenvalue weighted by molar-refractivity contribution is 5.98. The smallest absolute Gasteiger partial charge is 0.330 e. The Labute approximate surface area is 168 Å². The molecular weight excluding hydrogens is 377 g/mol. The van der Waals surface area contributed by atoms with Crippen molar-refractivity contribution in [2.45, 2.75) is 40.2 Å². The number of rotatable bonds is 9. The number of aromatic nitrogens is 2. The average Bonchev–Trinajstić information content (AvgIpc) is 2.66. The van der Waals surface area contributed by atoms with Gasteiger partial charge in [0, 0.05) is 18.8 Å². The molecule has 8 nitrogen and oxygen atoms in total. The van der Waals surface area contributed by atoms with Crippen LogP contribution in [0.5, 0.6) is 0 Å². The van der Waals surface area contributed by atoms with E-state index in [0.717, 1.165) is 6.42 Å². The van der Waals surface area contributed by atoms with Gasteiger partial charge in [0.05, 0.1) is 6.54 Å². The van der Waals surface area contributed by atoms with Gasteiger partial charge in [-0.25, -0.2) is 9.18 Å². The standard InChI is InChI=1S/C20H28FN5O3/c1-4-5-10-25(16(27)11-23-15-8-6-14(21)7-9-15)17-18(22)26(12-13(2)3)20(29)24-19(17)28/h6-9,13,23H,4-5,10-12,22H2,1-3H3,(H,24,28,29). The zero-order valence-electron chi connectivity index (χ0n) is 17.0. The number of anilines is 3. The lowest BCUT2D eigenvalue weighted by Crippen LogP contribution is -2.43. The number of carbonyl (C=O) groups is 1. The summed E-state index contributed by atoms with van der Waals surface area (Å²) in [4.78, 5) is 41.2. The summed E-state index contributed by atoms with van der Waals surface area (Å²) in [5.41, 5.74) is 5.41. The van der Waals surface area contributed by atoms with E-state index in [1.807, 2.05) is 20.8 Å². The van der Waals surface area contributed by atoms with Crippen LogP contribution in [0.3, 0.4) is 0 Å². The lowest BCUT2D eigenvalue weighted by Gasteiger charge is -2.25. The number of nitrogens with one attached hydrogen (secondary N) is 2. The van der Waals surface area contributed by atoms with Gasteiger partial charge in [0.2, 0.25) is 5.91 Å². The second-order valence-electron chi connectivity index (χ2n) is 7.26. The van der Waals surface area contributed by atoms with E-state index in [0.29, 0.717) is 18.7 Å². The van der Waals surface area contributed by atoms with E-state index in [2.05, 4.69) is 10.3 Å². The van der Waals surface area contributed by atoms with E-state index in [9.17, 15) is 18.8 Å². The molecule has 2 rings (SSSR count). The summed E-state index contributed by atoms with van der Waals surface area (Å²) in [5, 5.41) is 2.92. The quantitative estimate of drug-likeness (QED) is 0.592. The molecule has 1 amide bonds. The number of H-pyrrole nitrogens is 1. The number of unbranched alkanes of at least 4 members (excludes halogenated alkanes) is 1. The van der Waals surface area contributed by atoms with E-state index in [1.165, 1.54) is 33.7 Å². The number of hydrogen-bond acceptors (Lipinski definition) is 5. The number of halogens is 1. The van der Waals surface area contributed by atoms with Crippen LogP contribution >= 0.6 is 0 Å². The van der Waals surface area contributed by atoms with Crippen molar-refractivity contribution in [3.05, 3.63) is 50.9 Å². The molecule has 1 aromatic carbocycles. The van der Waals surface area contributed by atoms with Gasteiger partial charge in [0.25, 0.3) is 5.56 Å². The molecule has 0 saturated heterocycles. The van der Waals surface area contributed by atoms with Crippen LogP contribution in [0.4, 0.5) is 21.6 Å². The third-order valence-corrected chi connectivity index (χ3v) is 4.36. The fraction of sp³-hybridized carbons (Fsp3) is 0.450. The Morgan fingerprint density at radius 2 is 1.93 bits per heavy atom. The zero-order chi connectivity index (χ0) is 21.6. The minimum Gasteiger partial charge on any atom is -0.383 e. The number of benzene rings is 1. The molecule has 29 heavy (non-hydrogen) atoms. The zero-order valence-corrected chi connectivity index (χ0v) is 17.0. The summed E-state index contributed by atoms with van der Waals surface area (Å²) < 4.78 is 14.3. The van der Waals surface area contributed by atoms with E-state index in [4.69, 9.17) is 5.73 Å². The lowest BCUT2D eigenvalue weighted by atomic mass is 10.2. The summed E-state index contributed by atoms with van der Waals surface area (Å²) in [6.45, 7) is 6.29. The van der Waals surface area contributed by atoms with Crippen LogP contribution < -0.4 is 27.2 Å². The van der Waals surface area contributed by atoms with E-state index < -0.39 is 11.2 Å². The molecule has 158 valence electrons. The Balaban J connectivity index is 2.35. The van der Waals surface area contributed by atoms with Gasteiger partial charge in [-0.1, -0.05) is 27.2 Å². The molecule has 0 atom stereocenters. The van der Waals surface area contributed by atoms with Gasteiger partial charge in [0.1, 0.15) is 11.6 Å². The number of aromatic amines is 1. The predicted octanol–water partition coefficient (Wildman–Crippen LogP) is 2.16. The number of nitrogens with zero attached hydrogens (tertiary/aromatic N) is 2. The second kappa shape index (κ2) is 9.90. The Hall–Kier alpha value is -3.10. The predicted molar refractivity (Wildman–Crippen MR) is 113 cm³/mol. The van der Waals surface area contributed by atoms with E-state index >= 15 is 0 Å². The van der Waals surface area contributed by atoms with Crippen LogP contribution in [-0.4, -0.2) is 28.5 Å². The number of amides is 1. The van der Waals surface area contributed by atoms with Gasteiger partial charge in [-0.05, 0) is 36.6 Å². The van der Waals surface area contributed by atoms with Crippen LogP contribution in [0, 0.1) is 11.7 Å². The molecule has 0 bridgehead atoms. The van der Waals surface area contributed by atoms with Gasteiger partial charge < -0.3 is 16.0 Å². The van der Waals surface area contributed by atoms with Gasteiger partial charge >= 0.3 is 5.69 Å². The molecule has 1 aromatic heterocycles. The molecule has 0 radical (unpaired) electrons. The van der Waals surface area contributed by atoms with Gasteiger partial charge in [0.15, 0.2) is 5.69 Å². The van der Waals surface area contributed by atoms with Crippen molar-refractivity contribution in [2.75, 3.05) is 29.0 Å². The van der Waals surface area contributed by atoms with Crippen molar-refractivity contribution < 1.29 is 9.18 Å². The Morgan fingerprint density at radius 1 is 1.28 bits per heavy atom. The molecule has 4 N–H and O–H groups in total. The summed E-state index contributed by atoms with van der Waals surface area (Å²) in [6, 6.07) is 5.60. The summed E-state index contributed by atoms with van der Waals surface area (Å²) in [7, 11) is 0. The molecule has 9 heteroatoms. The van der Waals surface area contributed by atoms with Crippen LogP contribution in [-0.2, 0) is 11.3 Å². The molecule has 0 aliphatic carbocycles. The third kappa shape index (κ3) is 5.69. The van der Waals surface area contributed by atoms with Gasteiger partial charge in [-0.3, -0.25) is 19.1 Å². The Bertz CT molecular complexity index is 950. The van der Waals surface area contributed by atoms with Gasteiger partial charge in [-0.15, -0.1) is 0 Å². The number of nitrogen functional groups attached to an aromatic ring is 1. The molecule has 0 aliphatic rings. The fourth-order valence-corrected chi connectivity index (χ4v) is 2.90. The van der Waals surface area contributed by atoms with Crippen LogP contribution in [0.2, 0.25) is 0 Å². The number of hydrogen-bond donors (Lipinski definition) is 3. The topological polar surface area (TPSA) is 113 Å². The maximum absolute atomic E-state index is 13.0. The van der Waals surface area contributed by atoms with Crippen molar-refractivity contribution in [1.29, 1.82) is 0 Å². The fourth-order valence-electron chi connectivity index (χ4n) is 2.90. The maximum Gasteiger partial charge on any atom is 0.330 e. The molecular formula is C20H28FN5O3. The second-order valence-corrected chi connectivity index (χ2v) is 7.26. The van der Waals surface area contributed by atoms with Crippen molar-refractivity contribution in [3.8, 4) is 0 Å². The summed E-state index contributed by atoms with van der Waals surface area (Å²) in [5.74, 6) is -0.666. The minimum absolute atomic E-state index is 0.0235. The largest absolute Gasteiger partial charge is 0.383 e. The lowest BCUT2D eigenvalue weighted by molar-refractivity contribution is -0.117. The minimum atomic E-state index is -0.696. The average molecular weight is 405 g/mol. The van der Waals surface area contributed by atoms with Crippen molar-refractivity contribution in [1.82, 2.24) is 9.55 Å². The number of nitrogens with two attached hydrogens (primary N) is 1. The van der Waals surface area contributed by atoms with Crippen LogP contribution in [0.15, 0.2) is 33.9 Å². The number of carbonyl (C=O) groups excluding carboxylic acids is 1. The molecule has 0 saturated carbocycles. The highest BCUT2D eigenvalue weighted by atomic mass is 19.1. The normalized spacial score (nSPS) is 10.9. The first kappa shape index (κ1) is 22.2. The molecule has 0 unspecified atom stereocenters. The maximum atomic E-state index is 13.0. The Morgan fingerprint density at radius 3 is 2.52 bits per heavy atom. The van der Waals surface area contributed by atoms with Gasteiger partial charge in [-0.2, -0.15) is 0 Å². The van der Waals surface area contributed by atoms with Crippen molar-refractivity contribution in [2.24, 2.45) is 5.92 Å². The highest BCUT2D eigenvalue weighted by Crippen LogP contribution is 2.19. The highest BCUT2D eigenvalue weighted by Gasteiger charge is 2.24. The van der Waals surface area contributed by atoms with E-state index in [1.54, 1.807) is 0 Å². The molecule has 2 aromatic rings. The van der Waals surface area contributed by atoms with Crippen LogP contribution in [0.1, 0.15) is 33.6 Å². The molecule has 0 aliphatic heterocycles. The summed E-state index contributed by atoms with van der Waals surface area (Å²) >= 11 is 0. The van der Waals surface area contributed by atoms with Crippen molar-refractivity contribution >= 4 is 23.1 Å². The Kier molecular flexibility index (Phi) is 7.58. The van der Waals surface area contributed by atoms with Crippen LogP contribution in [0.25, 0.3) is 0 Å². The molecule has 0 spiro atoms. The first-order valence-corrected chi connectivity index (χ1v) is 9.67.